The number of carbonyl (C=O) groups is 2. The second-order valence-corrected chi connectivity index (χ2v) is 14.7. The summed E-state index contributed by atoms with van der Waals surface area (Å²) in [6.07, 6.45) is 65.1. The normalized spacial score (nSPS) is 13.1. The number of carbonyl (C=O) groups excluding carboxylic acids is 2. The van der Waals surface area contributed by atoms with Crippen LogP contribution in [0.25, 0.3) is 0 Å². The van der Waals surface area contributed by atoms with Gasteiger partial charge in [0.15, 0.2) is 6.10 Å². The van der Waals surface area contributed by atoms with Crippen LogP contribution in [-0.4, -0.2) is 36.4 Å². The van der Waals surface area contributed by atoms with Gasteiger partial charge in [-0.25, -0.2) is 0 Å². The third kappa shape index (κ3) is 43.5. The minimum absolute atomic E-state index is 0.108. The Labute approximate surface area is 345 Å². The van der Waals surface area contributed by atoms with E-state index in [2.05, 4.69) is 98.9 Å². The molecule has 0 saturated carbocycles. The van der Waals surface area contributed by atoms with Gasteiger partial charge in [-0.05, 0) is 77.0 Å². The topological polar surface area (TPSA) is 72.8 Å². The van der Waals surface area contributed by atoms with Gasteiger partial charge in [-0.1, -0.05) is 201 Å². The molecule has 0 aromatic rings. The van der Waals surface area contributed by atoms with E-state index in [4.69, 9.17) is 9.47 Å². The molecule has 318 valence electrons. The molecule has 0 aliphatic rings. The predicted molar refractivity (Wildman–Crippen MR) is 242 cm³/mol. The Morgan fingerprint density at radius 2 is 0.750 bits per heavy atom. The summed E-state index contributed by atoms with van der Waals surface area (Å²) in [6.45, 7) is 3.84. The second-order valence-electron chi connectivity index (χ2n) is 14.7. The molecule has 0 heterocycles. The Balaban J connectivity index is 3.54. The van der Waals surface area contributed by atoms with Crippen LogP contribution in [0, 0.1) is 0 Å². The van der Waals surface area contributed by atoms with Gasteiger partial charge in [0.05, 0.1) is 6.61 Å². The van der Waals surface area contributed by atoms with E-state index in [1.807, 2.05) is 12.2 Å². The maximum absolute atomic E-state index is 12.2. The first-order valence-electron chi connectivity index (χ1n) is 22.8. The van der Waals surface area contributed by atoms with E-state index < -0.39 is 6.10 Å². The van der Waals surface area contributed by atoms with Crippen LogP contribution in [0.5, 0.6) is 0 Å². The highest BCUT2D eigenvalue weighted by molar-refractivity contribution is 5.70. The number of hydrogen-bond donors (Lipinski definition) is 1. The van der Waals surface area contributed by atoms with Gasteiger partial charge in [-0.15, -0.1) is 0 Å². The monoisotopic (exact) mass is 777 g/mol. The van der Waals surface area contributed by atoms with Crippen molar-refractivity contribution in [2.45, 2.75) is 200 Å². The van der Waals surface area contributed by atoms with Crippen molar-refractivity contribution in [2.75, 3.05) is 13.2 Å². The zero-order valence-corrected chi connectivity index (χ0v) is 36.1. The highest BCUT2D eigenvalue weighted by Gasteiger charge is 2.15. The van der Waals surface area contributed by atoms with Crippen molar-refractivity contribution in [3.63, 3.8) is 0 Å². The van der Waals surface area contributed by atoms with Gasteiger partial charge in [0.25, 0.3) is 0 Å². The first kappa shape index (κ1) is 52.8. The zero-order valence-electron chi connectivity index (χ0n) is 36.1. The number of esters is 2. The van der Waals surface area contributed by atoms with E-state index >= 15 is 0 Å². The SMILES string of the molecule is CC/C=C\C/C=C\C/C=C\C/C=C\CCCCCCCCCCCCCCCCCCC(=O)OC(CO)COC(=O)CC/C=C\C/C=C\C/C=C\C/C=C\CC. The van der Waals surface area contributed by atoms with E-state index in [0.29, 0.717) is 12.8 Å². The largest absolute Gasteiger partial charge is 0.462 e. The molecule has 0 aromatic heterocycles. The molecule has 5 nitrogen and oxygen atoms in total. The molecule has 1 atom stereocenters. The maximum Gasteiger partial charge on any atom is 0.306 e. The maximum atomic E-state index is 12.2. The quantitative estimate of drug-likeness (QED) is 0.0381. The molecular formula is C51H84O5. The van der Waals surface area contributed by atoms with Crippen LogP contribution >= 0.6 is 0 Å². The fourth-order valence-electron chi connectivity index (χ4n) is 6.03. The minimum atomic E-state index is -0.804. The summed E-state index contributed by atoms with van der Waals surface area (Å²) in [5.41, 5.74) is 0. The van der Waals surface area contributed by atoms with Gasteiger partial charge in [-0.3, -0.25) is 9.59 Å². The highest BCUT2D eigenvalue weighted by atomic mass is 16.6. The number of ether oxygens (including phenoxy) is 2. The second kappa shape index (κ2) is 46.2. The average Bonchev–Trinajstić information content (AvgIpc) is 3.20. The number of unbranched alkanes of at least 4 members (excludes halogenated alkanes) is 16. The molecule has 0 spiro atoms. The molecule has 5 heteroatoms. The molecule has 0 aromatic carbocycles. The standard InChI is InChI=1S/C51H84O5/c1-3-5-7-9-11-13-15-17-18-19-20-21-22-23-24-25-26-27-28-29-30-31-32-34-36-38-40-42-44-46-51(54)56-49(47-52)48-55-50(53)45-43-41-39-37-35-33-16-14-12-10-8-6-4-2/h5-8,11-14,17-18,20-21,33,35,39,41,49,52H,3-4,9-10,15-16,19,22-32,34,36-38,40,42-48H2,1-2H3/b7-5-,8-6-,13-11-,14-12-,18-17-,21-20-,35-33-,41-39-. The lowest BCUT2D eigenvalue weighted by molar-refractivity contribution is -0.161. The van der Waals surface area contributed by atoms with Gasteiger partial charge in [0.2, 0.25) is 0 Å². The lowest BCUT2D eigenvalue weighted by atomic mass is 10.0. The molecule has 1 N–H and O–H groups in total. The van der Waals surface area contributed by atoms with Crippen LogP contribution in [0.4, 0.5) is 0 Å². The summed E-state index contributed by atoms with van der Waals surface area (Å²) in [4.78, 5) is 24.3. The van der Waals surface area contributed by atoms with E-state index in [-0.39, 0.29) is 31.6 Å². The predicted octanol–water partition coefficient (Wildman–Crippen LogP) is 14.8. The van der Waals surface area contributed by atoms with E-state index in [1.54, 1.807) is 0 Å². The first-order chi connectivity index (χ1) is 27.6. The highest BCUT2D eigenvalue weighted by Crippen LogP contribution is 2.15. The molecule has 1 unspecified atom stereocenters. The number of aliphatic hydroxyl groups is 1. The summed E-state index contributed by atoms with van der Waals surface area (Å²) in [5, 5.41) is 9.57. The molecule has 0 aliphatic heterocycles. The summed E-state index contributed by atoms with van der Waals surface area (Å²) in [6, 6.07) is 0. The Morgan fingerprint density at radius 3 is 1.14 bits per heavy atom. The van der Waals surface area contributed by atoms with Gasteiger partial charge >= 0.3 is 11.9 Å². The van der Waals surface area contributed by atoms with Gasteiger partial charge < -0.3 is 14.6 Å². The lowest BCUT2D eigenvalue weighted by Crippen LogP contribution is -2.28. The molecule has 0 bridgehead atoms. The van der Waals surface area contributed by atoms with Crippen molar-refractivity contribution in [3.8, 4) is 0 Å². The van der Waals surface area contributed by atoms with Crippen molar-refractivity contribution in [1.82, 2.24) is 0 Å². The van der Waals surface area contributed by atoms with Crippen molar-refractivity contribution in [3.05, 3.63) is 97.2 Å². The molecule has 0 amide bonds. The van der Waals surface area contributed by atoms with Crippen LogP contribution in [0.3, 0.4) is 0 Å². The Hall–Kier alpha value is -3.18. The number of allylic oxidation sites excluding steroid dienone is 16. The lowest BCUT2D eigenvalue weighted by Gasteiger charge is -2.15. The molecule has 0 aliphatic carbocycles. The third-order valence-electron chi connectivity index (χ3n) is 9.39. The average molecular weight is 777 g/mol. The smallest absolute Gasteiger partial charge is 0.306 e. The Kier molecular flexibility index (Phi) is 43.6. The first-order valence-corrected chi connectivity index (χ1v) is 22.8. The molecule has 0 rings (SSSR count). The van der Waals surface area contributed by atoms with Crippen LogP contribution < -0.4 is 0 Å². The summed E-state index contributed by atoms with van der Waals surface area (Å²) < 4.78 is 10.6. The molecule has 56 heavy (non-hydrogen) atoms. The van der Waals surface area contributed by atoms with E-state index in [9.17, 15) is 14.7 Å². The van der Waals surface area contributed by atoms with Crippen molar-refractivity contribution >= 4 is 11.9 Å². The third-order valence-corrected chi connectivity index (χ3v) is 9.39. The fraction of sp³-hybridized carbons (Fsp3) is 0.647. The van der Waals surface area contributed by atoms with E-state index in [1.165, 1.54) is 89.9 Å². The summed E-state index contributed by atoms with van der Waals surface area (Å²) in [7, 11) is 0. The van der Waals surface area contributed by atoms with Crippen LogP contribution in [0.1, 0.15) is 194 Å². The number of aliphatic hydroxyl groups excluding tert-OH is 1. The molecular weight excluding hydrogens is 693 g/mol. The van der Waals surface area contributed by atoms with Crippen LogP contribution in [-0.2, 0) is 19.1 Å². The molecule has 0 fully saturated rings. The van der Waals surface area contributed by atoms with Crippen molar-refractivity contribution in [2.24, 2.45) is 0 Å². The molecule has 0 radical (unpaired) electrons. The van der Waals surface area contributed by atoms with Gasteiger partial charge in [0, 0.05) is 12.8 Å². The number of hydrogen-bond acceptors (Lipinski definition) is 5. The van der Waals surface area contributed by atoms with Crippen LogP contribution in [0.15, 0.2) is 97.2 Å². The van der Waals surface area contributed by atoms with Crippen molar-refractivity contribution in [1.29, 1.82) is 0 Å². The minimum Gasteiger partial charge on any atom is -0.462 e. The molecule has 0 saturated heterocycles. The van der Waals surface area contributed by atoms with Crippen molar-refractivity contribution < 1.29 is 24.2 Å². The van der Waals surface area contributed by atoms with Gasteiger partial charge in [-0.2, -0.15) is 0 Å². The fourth-order valence-corrected chi connectivity index (χ4v) is 6.03. The number of rotatable bonds is 40. The van der Waals surface area contributed by atoms with Crippen LogP contribution in [0.2, 0.25) is 0 Å². The Bertz CT molecular complexity index is 1110. The Morgan fingerprint density at radius 1 is 0.411 bits per heavy atom. The van der Waals surface area contributed by atoms with E-state index in [0.717, 1.165) is 70.6 Å². The van der Waals surface area contributed by atoms with Gasteiger partial charge in [0.1, 0.15) is 6.61 Å². The summed E-state index contributed by atoms with van der Waals surface area (Å²) in [5.74, 6) is -0.689. The zero-order chi connectivity index (χ0) is 40.7. The summed E-state index contributed by atoms with van der Waals surface area (Å²) >= 11 is 0.